The summed E-state index contributed by atoms with van der Waals surface area (Å²) in [6, 6.07) is -0.0625. The van der Waals surface area contributed by atoms with E-state index in [0.29, 0.717) is 4.99 Å². The molecule has 1 amide bonds. The average molecular weight is 299 g/mol. The van der Waals surface area contributed by atoms with E-state index in [1.165, 1.54) is 12.8 Å². The summed E-state index contributed by atoms with van der Waals surface area (Å²) in [6.07, 6.45) is 5.29. The van der Waals surface area contributed by atoms with Crippen LogP contribution < -0.4 is 11.1 Å². The lowest BCUT2D eigenvalue weighted by Crippen LogP contribution is -2.52. The molecule has 5 heteroatoms. The van der Waals surface area contributed by atoms with Crippen LogP contribution in [0.25, 0.3) is 0 Å². The van der Waals surface area contributed by atoms with Crippen LogP contribution in [0.1, 0.15) is 52.9 Å². The fourth-order valence-electron chi connectivity index (χ4n) is 2.55. The van der Waals surface area contributed by atoms with Crippen molar-refractivity contribution in [2.24, 2.45) is 11.1 Å². The van der Waals surface area contributed by atoms with Crippen LogP contribution >= 0.6 is 12.2 Å². The minimum absolute atomic E-state index is 0.0385. The quantitative estimate of drug-likeness (QED) is 0.558. The van der Waals surface area contributed by atoms with Gasteiger partial charge in [-0.05, 0) is 39.3 Å². The number of likely N-dealkylation sites (tertiary alicyclic amines) is 1. The van der Waals surface area contributed by atoms with Crippen molar-refractivity contribution in [2.75, 3.05) is 19.6 Å². The van der Waals surface area contributed by atoms with Crippen molar-refractivity contribution in [1.29, 1.82) is 0 Å². The Balaban J connectivity index is 2.36. The monoisotopic (exact) mass is 299 g/mol. The number of amides is 1. The van der Waals surface area contributed by atoms with Crippen LogP contribution in [-0.4, -0.2) is 41.5 Å². The summed E-state index contributed by atoms with van der Waals surface area (Å²) in [5.41, 5.74) is 5.77. The van der Waals surface area contributed by atoms with Gasteiger partial charge in [0.05, 0.1) is 11.0 Å². The molecule has 0 aliphatic carbocycles. The normalized spacial score (nSPS) is 20.4. The zero-order chi connectivity index (χ0) is 15.2. The molecule has 116 valence electrons. The van der Waals surface area contributed by atoms with Crippen molar-refractivity contribution in [3.63, 3.8) is 0 Å². The Morgan fingerprint density at radius 3 is 2.50 bits per heavy atom. The molecule has 0 saturated carbocycles. The largest absolute Gasteiger partial charge is 0.393 e. The van der Waals surface area contributed by atoms with Crippen LogP contribution in [-0.2, 0) is 4.79 Å². The van der Waals surface area contributed by atoms with Crippen LogP contribution in [0.2, 0.25) is 0 Å². The van der Waals surface area contributed by atoms with Gasteiger partial charge in [0.2, 0.25) is 5.91 Å². The van der Waals surface area contributed by atoms with Gasteiger partial charge < -0.3 is 11.1 Å². The molecule has 0 aromatic carbocycles. The van der Waals surface area contributed by atoms with Crippen molar-refractivity contribution in [3.05, 3.63) is 0 Å². The van der Waals surface area contributed by atoms with Crippen molar-refractivity contribution in [1.82, 2.24) is 10.2 Å². The summed E-state index contributed by atoms with van der Waals surface area (Å²) < 4.78 is 0. The van der Waals surface area contributed by atoms with Crippen LogP contribution in [0, 0.1) is 5.41 Å². The van der Waals surface area contributed by atoms with Gasteiger partial charge in [-0.1, -0.05) is 38.9 Å². The number of hydrogen-bond acceptors (Lipinski definition) is 3. The summed E-state index contributed by atoms with van der Waals surface area (Å²) in [7, 11) is 0. The first-order valence-corrected chi connectivity index (χ1v) is 8.13. The third-order valence-electron chi connectivity index (χ3n) is 4.50. The SMILES string of the molecule is CCCCCNC(=O)C(C)N1CCC(C)(C(N)=S)CC1. The highest BCUT2D eigenvalue weighted by molar-refractivity contribution is 7.80. The maximum atomic E-state index is 12.1. The lowest BCUT2D eigenvalue weighted by atomic mass is 9.80. The summed E-state index contributed by atoms with van der Waals surface area (Å²) in [4.78, 5) is 14.9. The molecule has 1 fully saturated rings. The molecule has 1 heterocycles. The molecule has 0 aromatic rings. The first-order chi connectivity index (χ1) is 9.40. The highest BCUT2D eigenvalue weighted by Gasteiger charge is 2.35. The molecular weight excluding hydrogens is 270 g/mol. The first-order valence-electron chi connectivity index (χ1n) is 7.72. The molecule has 1 unspecified atom stereocenters. The maximum Gasteiger partial charge on any atom is 0.237 e. The smallest absolute Gasteiger partial charge is 0.237 e. The molecule has 4 nitrogen and oxygen atoms in total. The number of nitrogens with zero attached hydrogens (tertiary/aromatic N) is 1. The summed E-state index contributed by atoms with van der Waals surface area (Å²) in [5.74, 6) is 0.139. The Bertz CT molecular complexity index is 338. The maximum absolute atomic E-state index is 12.1. The number of carbonyl (C=O) groups is 1. The Morgan fingerprint density at radius 2 is 2.00 bits per heavy atom. The van der Waals surface area contributed by atoms with Crippen molar-refractivity contribution in [2.45, 2.75) is 58.9 Å². The van der Waals surface area contributed by atoms with Crippen molar-refractivity contribution >= 4 is 23.1 Å². The van der Waals surface area contributed by atoms with Gasteiger partial charge in [-0.15, -0.1) is 0 Å². The van der Waals surface area contributed by atoms with Gasteiger partial charge in [-0.25, -0.2) is 0 Å². The van der Waals surface area contributed by atoms with Gasteiger partial charge in [0, 0.05) is 12.0 Å². The summed E-state index contributed by atoms with van der Waals surface area (Å²) >= 11 is 5.15. The summed E-state index contributed by atoms with van der Waals surface area (Å²) in [5, 5.41) is 3.03. The van der Waals surface area contributed by atoms with Crippen LogP contribution in [0.15, 0.2) is 0 Å². The fraction of sp³-hybridized carbons (Fsp3) is 0.867. The molecule has 1 aliphatic heterocycles. The summed E-state index contributed by atoms with van der Waals surface area (Å²) in [6.45, 7) is 8.84. The van der Waals surface area contributed by atoms with Gasteiger partial charge >= 0.3 is 0 Å². The lowest BCUT2D eigenvalue weighted by Gasteiger charge is -2.40. The minimum atomic E-state index is -0.0625. The standard InChI is InChI=1S/C15H29N3OS/c1-4-5-6-9-17-13(19)12(2)18-10-7-15(3,8-11-18)14(16)20/h12H,4-11H2,1-3H3,(H2,16,20)(H,17,19). The third kappa shape index (κ3) is 4.70. The lowest BCUT2D eigenvalue weighted by molar-refractivity contribution is -0.126. The third-order valence-corrected chi connectivity index (χ3v) is 5.00. The number of thiocarbonyl (C=S) groups is 1. The molecule has 0 spiro atoms. The van der Waals surface area contributed by atoms with Crippen LogP contribution in [0.5, 0.6) is 0 Å². The van der Waals surface area contributed by atoms with E-state index in [1.54, 1.807) is 0 Å². The average Bonchev–Trinajstić information content (AvgIpc) is 2.43. The first kappa shape index (κ1) is 17.4. The highest BCUT2D eigenvalue weighted by Crippen LogP contribution is 2.31. The molecule has 0 aromatic heterocycles. The number of nitrogens with two attached hydrogens (primary N) is 1. The Kier molecular flexibility index (Phi) is 6.89. The number of carbonyl (C=O) groups excluding carboxylic acids is 1. The van der Waals surface area contributed by atoms with E-state index in [-0.39, 0.29) is 17.4 Å². The van der Waals surface area contributed by atoms with E-state index in [4.69, 9.17) is 18.0 Å². The predicted molar refractivity (Wildman–Crippen MR) is 87.7 cm³/mol. The number of unbranched alkanes of at least 4 members (excludes halogenated alkanes) is 2. The van der Waals surface area contributed by atoms with E-state index in [1.807, 2.05) is 6.92 Å². The number of piperidine rings is 1. The van der Waals surface area contributed by atoms with E-state index >= 15 is 0 Å². The van der Waals surface area contributed by atoms with Gasteiger partial charge in [-0.2, -0.15) is 0 Å². The van der Waals surface area contributed by atoms with Gasteiger partial charge in [-0.3, -0.25) is 9.69 Å². The molecule has 3 N–H and O–H groups in total. The minimum Gasteiger partial charge on any atom is -0.393 e. The van der Waals surface area contributed by atoms with Gasteiger partial charge in [0.1, 0.15) is 0 Å². The number of hydrogen-bond donors (Lipinski definition) is 2. The van der Waals surface area contributed by atoms with E-state index in [9.17, 15) is 4.79 Å². The van der Waals surface area contributed by atoms with Gasteiger partial charge in [0.15, 0.2) is 0 Å². The van der Waals surface area contributed by atoms with Crippen LogP contribution in [0.3, 0.4) is 0 Å². The molecule has 1 atom stereocenters. The molecular formula is C15H29N3OS. The zero-order valence-electron chi connectivity index (χ0n) is 13.1. The predicted octanol–water partition coefficient (Wildman–Crippen LogP) is 2.07. The Labute approximate surface area is 128 Å². The van der Waals surface area contributed by atoms with E-state index < -0.39 is 0 Å². The topological polar surface area (TPSA) is 58.4 Å². The van der Waals surface area contributed by atoms with Gasteiger partial charge in [0.25, 0.3) is 0 Å². The number of nitrogens with one attached hydrogen (secondary N) is 1. The molecule has 1 rings (SSSR count). The second-order valence-electron chi connectivity index (χ2n) is 6.13. The fourth-order valence-corrected chi connectivity index (χ4v) is 2.76. The molecule has 1 aliphatic rings. The van der Waals surface area contributed by atoms with E-state index in [0.717, 1.165) is 38.9 Å². The van der Waals surface area contributed by atoms with E-state index in [2.05, 4.69) is 24.1 Å². The van der Waals surface area contributed by atoms with Crippen LogP contribution in [0.4, 0.5) is 0 Å². The molecule has 0 radical (unpaired) electrons. The second kappa shape index (κ2) is 7.93. The molecule has 20 heavy (non-hydrogen) atoms. The zero-order valence-corrected chi connectivity index (χ0v) is 13.9. The number of rotatable bonds is 7. The van der Waals surface area contributed by atoms with Crippen molar-refractivity contribution < 1.29 is 4.79 Å². The highest BCUT2D eigenvalue weighted by atomic mass is 32.1. The Morgan fingerprint density at radius 1 is 1.40 bits per heavy atom. The van der Waals surface area contributed by atoms with Crippen molar-refractivity contribution in [3.8, 4) is 0 Å². The Hall–Kier alpha value is -0.680. The second-order valence-corrected chi connectivity index (χ2v) is 6.57. The molecule has 0 bridgehead atoms. The molecule has 1 saturated heterocycles.